The zero-order chi connectivity index (χ0) is 28.6. The van der Waals surface area contributed by atoms with Crippen molar-refractivity contribution in [1.82, 2.24) is 19.9 Å². The van der Waals surface area contributed by atoms with Crippen LogP contribution in [0.1, 0.15) is 54.5 Å². The summed E-state index contributed by atoms with van der Waals surface area (Å²) < 4.78 is 1.43. The van der Waals surface area contributed by atoms with Crippen molar-refractivity contribution in [3.63, 3.8) is 0 Å². The smallest absolute Gasteiger partial charge is 0.266 e. The second-order valence-corrected chi connectivity index (χ2v) is 11.4. The molecule has 0 aliphatic carbocycles. The molecule has 3 N–H and O–H groups in total. The topological polar surface area (TPSA) is 128 Å². The first kappa shape index (κ1) is 25.6. The average Bonchev–Trinajstić information content (AvgIpc) is 3.32. The van der Waals surface area contributed by atoms with Crippen LogP contribution in [-0.4, -0.2) is 49.0 Å². The minimum atomic E-state index is -1.81. The van der Waals surface area contributed by atoms with Crippen molar-refractivity contribution in [2.45, 2.75) is 50.5 Å². The number of para-hydroxylation sites is 3. The van der Waals surface area contributed by atoms with Crippen LogP contribution >= 0.6 is 0 Å². The van der Waals surface area contributed by atoms with Gasteiger partial charge in [0.05, 0.1) is 33.9 Å². The zero-order valence-corrected chi connectivity index (χ0v) is 22.6. The van der Waals surface area contributed by atoms with Crippen molar-refractivity contribution in [2.75, 3.05) is 4.90 Å². The highest BCUT2D eigenvalue weighted by Gasteiger charge is 2.62. The van der Waals surface area contributed by atoms with Gasteiger partial charge in [-0.2, -0.15) is 5.06 Å². The lowest BCUT2D eigenvalue weighted by Gasteiger charge is -2.36. The number of aromatic nitrogens is 2. The van der Waals surface area contributed by atoms with Crippen molar-refractivity contribution in [3.05, 3.63) is 100 Å². The van der Waals surface area contributed by atoms with Crippen LogP contribution in [0.2, 0.25) is 0 Å². The van der Waals surface area contributed by atoms with Crippen LogP contribution in [0.4, 0.5) is 5.69 Å². The van der Waals surface area contributed by atoms with E-state index in [-0.39, 0.29) is 29.6 Å². The average molecular weight is 552 g/mol. The van der Waals surface area contributed by atoms with E-state index in [1.54, 1.807) is 72.8 Å². The molecular weight excluding hydrogens is 522 g/mol. The summed E-state index contributed by atoms with van der Waals surface area (Å²) in [5.41, 5.74) is -0.0456. The number of carbonyl (C=O) groups excluding carboxylic acids is 2. The first-order valence-corrected chi connectivity index (χ1v) is 13.7. The number of hydroxylamine groups is 2. The van der Waals surface area contributed by atoms with Gasteiger partial charge < -0.3 is 15.6 Å². The van der Waals surface area contributed by atoms with E-state index < -0.39 is 29.8 Å². The number of fused-ring (bicyclic) bond motifs is 7. The molecule has 208 valence electrons. The number of amides is 2. The third kappa shape index (κ3) is 3.61. The van der Waals surface area contributed by atoms with Crippen LogP contribution in [0.5, 0.6) is 0 Å². The highest BCUT2D eigenvalue weighted by molar-refractivity contribution is 6.02. The summed E-state index contributed by atoms with van der Waals surface area (Å²) in [6, 6.07) is 19.0. The number of anilines is 1. The fraction of sp³-hybridized carbons (Fsp3) is 0.290. The minimum Gasteiger partial charge on any atom is -0.381 e. The van der Waals surface area contributed by atoms with Gasteiger partial charge in [-0.1, -0.05) is 56.3 Å². The Morgan fingerprint density at radius 2 is 1.63 bits per heavy atom. The van der Waals surface area contributed by atoms with E-state index in [0.717, 1.165) is 5.06 Å². The van der Waals surface area contributed by atoms with Crippen LogP contribution in [0.3, 0.4) is 0 Å². The van der Waals surface area contributed by atoms with E-state index in [0.29, 0.717) is 39.8 Å². The van der Waals surface area contributed by atoms with Gasteiger partial charge in [-0.3, -0.25) is 23.9 Å². The van der Waals surface area contributed by atoms with E-state index >= 15 is 0 Å². The summed E-state index contributed by atoms with van der Waals surface area (Å²) in [6.07, 6.45) is -0.879. The lowest BCUT2D eigenvalue weighted by atomic mass is 9.85. The summed E-state index contributed by atoms with van der Waals surface area (Å²) in [6.45, 7) is 3.93. The molecule has 2 amide bonds. The molecular formula is C31H29N5O5. The lowest BCUT2D eigenvalue weighted by molar-refractivity contribution is -0.190. The number of hydrogen-bond donors (Lipinski definition) is 3. The van der Waals surface area contributed by atoms with E-state index in [1.165, 1.54) is 9.47 Å². The van der Waals surface area contributed by atoms with E-state index in [2.05, 4.69) is 5.32 Å². The Labute approximate surface area is 235 Å². The van der Waals surface area contributed by atoms with Crippen LogP contribution in [0, 0.1) is 5.92 Å². The summed E-state index contributed by atoms with van der Waals surface area (Å²) in [5.74, 6) is -0.346. The summed E-state index contributed by atoms with van der Waals surface area (Å²) in [7, 11) is 0. The maximum Gasteiger partial charge on any atom is 0.266 e. The standard InChI is InChI=1S/C31H29N5O5/c1-17(2)15-25-29(39)35-24-14-8-5-11-20(24)31(40,30(35)36(25)41)16-22-26-32-21-12-6-3-9-18(21)28(38)34(26)23-13-7-4-10-19(23)27(37)33-22/h3-14,17,22,25,30,40-41H,15-16H2,1-2H3,(H,33,37)/t22-,25-,30+,31-/m0/s1. The highest BCUT2D eigenvalue weighted by Crippen LogP contribution is 2.52. The molecule has 3 aromatic carbocycles. The molecule has 0 saturated carbocycles. The van der Waals surface area contributed by atoms with Crippen molar-refractivity contribution < 1.29 is 19.9 Å². The van der Waals surface area contributed by atoms with E-state index in [4.69, 9.17) is 4.98 Å². The van der Waals surface area contributed by atoms with Crippen molar-refractivity contribution in [3.8, 4) is 5.69 Å². The van der Waals surface area contributed by atoms with Gasteiger partial charge in [-0.25, -0.2) is 4.98 Å². The van der Waals surface area contributed by atoms with Crippen LogP contribution in [-0.2, 0) is 10.4 Å². The summed E-state index contributed by atoms with van der Waals surface area (Å²) >= 11 is 0. The lowest BCUT2D eigenvalue weighted by Crippen LogP contribution is -2.52. The zero-order valence-electron chi connectivity index (χ0n) is 22.6. The molecule has 0 unspecified atom stereocenters. The minimum absolute atomic E-state index is 0.123. The van der Waals surface area contributed by atoms with E-state index in [1.807, 2.05) is 13.8 Å². The Kier molecular flexibility index (Phi) is 5.66. The molecule has 3 aliphatic heterocycles. The fourth-order valence-electron chi connectivity index (χ4n) is 6.66. The molecule has 4 atom stereocenters. The Morgan fingerprint density at radius 1 is 0.951 bits per heavy atom. The maximum absolute atomic E-state index is 13.9. The molecule has 0 radical (unpaired) electrons. The van der Waals surface area contributed by atoms with Gasteiger partial charge in [0.15, 0.2) is 0 Å². The number of rotatable bonds is 4. The molecule has 1 saturated heterocycles. The normalized spacial score (nSPS) is 25.1. The van der Waals surface area contributed by atoms with E-state index in [9.17, 15) is 24.7 Å². The third-order valence-electron chi connectivity index (χ3n) is 8.41. The number of nitrogens with zero attached hydrogens (tertiary/aromatic N) is 4. The quantitative estimate of drug-likeness (QED) is 0.355. The monoisotopic (exact) mass is 551 g/mol. The first-order valence-electron chi connectivity index (χ1n) is 13.7. The van der Waals surface area contributed by atoms with Gasteiger partial charge in [-0.15, -0.1) is 0 Å². The second-order valence-electron chi connectivity index (χ2n) is 11.4. The maximum atomic E-state index is 13.9. The van der Waals surface area contributed by atoms with Crippen molar-refractivity contribution in [1.29, 1.82) is 0 Å². The van der Waals surface area contributed by atoms with Crippen LogP contribution in [0.15, 0.2) is 77.6 Å². The highest BCUT2D eigenvalue weighted by atomic mass is 16.5. The molecule has 4 aromatic rings. The van der Waals surface area contributed by atoms with Crippen LogP contribution < -0.4 is 15.8 Å². The first-order chi connectivity index (χ1) is 19.7. The van der Waals surface area contributed by atoms with Crippen molar-refractivity contribution in [2.24, 2.45) is 5.92 Å². The van der Waals surface area contributed by atoms with Gasteiger partial charge in [0.1, 0.15) is 23.6 Å². The number of nitrogens with one attached hydrogen (secondary N) is 1. The second kappa shape index (κ2) is 9.07. The number of hydrogen-bond acceptors (Lipinski definition) is 7. The largest absolute Gasteiger partial charge is 0.381 e. The molecule has 10 heteroatoms. The molecule has 1 fully saturated rings. The van der Waals surface area contributed by atoms with Crippen LogP contribution in [0.25, 0.3) is 16.6 Å². The summed E-state index contributed by atoms with van der Waals surface area (Å²) in [4.78, 5) is 47.4. The van der Waals surface area contributed by atoms with Crippen molar-refractivity contribution >= 4 is 28.4 Å². The molecule has 7 rings (SSSR count). The van der Waals surface area contributed by atoms with Gasteiger partial charge in [0.25, 0.3) is 11.5 Å². The predicted octanol–water partition coefficient (Wildman–Crippen LogP) is 3.24. The molecule has 1 aromatic heterocycles. The van der Waals surface area contributed by atoms with Gasteiger partial charge in [0, 0.05) is 12.0 Å². The van der Waals surface area contributed by atoms with Gasteiger partial charge in [0.2, 0.25) is 5.91 Å². The Hall–Kier alpha value is -4.38. The van der Waals surface area contributed by atoms with Gasteiger partial charge >= 0.3 is 0 Å². The number of aliphatic hydroxyl groups is 1. The molecule has 0 spiro atoms. The molecule has 4 heterocycles. The Balaban J connectivity index is 1.42. The fourth-order valence-corrected chi connectivity index (χ4v) is 6.66. The molecule has 0 bridgehead atoms. The number of benzene rings is 3. The summed E-state index contributed by atoms with van der Waals surface area (Å²) in [5, 5.41) is 28.3. The molecule has 41 heavy (non-hydrogen) atoms. The number of carbonyl (C=O) groups is 2. The third-order valence-corrected chi connectivity index (χ3v) is 8.41. The SMILES string of the molecule is CC(C)C[C@H]1C(=O)N2c3ccccc3[C@@](O)(C[C@@H]3NC(=O)c4ccccc4-n4c3nc3ccccc3c4=O)[C@H]2N1O. The Morgan fingerprint density at radius 3 is 2.41 bits per heavy atom. The van der Waals surface area contributed by atoms with Gasteiger partial charge in [-0.05, 0) is 42.7 Å². The molecule has 10 nitrogen and oxygen atoms in total. The Bertz CT molecular complexity index is 1800. The predicted molar refractivity (Wildman–Crippen MR) is 151 cm³/mol. The molecule has 3 aliphatic rings.